The maximum Gasteiger partial charge on any atom is 0.269 e. The van der Waals surface area contributed by atoms with Gasteiger partial charge < -0.3 is 4.42 Å². The van der Waals surface area contributed by atoms with Crippen LogP contribution in [0.25, 0.3) is 21.0 Å². The van der Waals surface area contributed by atoms with Crippen LogP contribution in [0.2, 0.25) is 0 Å². The average Bonchev–Trinajstić information content (AvgIpc) is 3.26. The van der Waals surface area contributed by atoms with Crippen LogP contribution in [-0.4, -0.2) is 15.9 Å². The minimum atomic E-state index is -0.975. The summed E-state index contributed by atoms with van der Waals surface area (Å²) in [6, 6.07) is 5.69. The van der Waals surface area contributed by atoms with Crippen molar-refractivity contribution in [3.63, 3.8) is 0 Å². The van der Waals surface area contributed by atoms with Crippen LogP contribution in [0.15, 0.2) is 28.7 Å². The number of nitrogens with one attached hydrogen (secondary N) is 1. The van der Waals surface area contributed by atoms with Gasteiger partial charge in [0.05, 0.1) is 15.9 Å². The van der Waals surface area contributed by atoms with E-state index in [2.05, 4.69) is 15.3 Å². The van der Waals surface area contributed by atoms with Gasteiger partial charge in [-0.1, -0.05) is 11.3 Å². The van der Waals surface area contributed by atoms with Crippen molar-refractivity contribution in [3.05, 3.63) is 52.2 Å². The third-order valence-electron chi connectivity index (χ3n) is 3.60. The normalized spacial score (nSPS) is 11.2. The number of hydrogen-bond acceptors (Lipinski definition) is 6. The summed E-state index contributed by atoms with van der Waals surface area (Å²) in [5.41, 5.74) is 0.853. The zero-order valence-electron chi connectivity index (χ0n) is 13.6. The maximum atomic E-state index is 13.3. The van der Waals surface area contributed by atoms with Gasteiger partial charge in [0.25, 0.3) is 5.91 Å². The van der Waals surface area contributed by atoms with Crippen molar-refractivity contribution in [1.29, 1.82) is 0 Å². The number of thiazole rings is 2. The molecular formula is C17H11F2N3O2S2. The number of carbonyl (C=O) groups is 1. The van der Waals surface area contributed by atoms with Gasteiger partial charge in [-0.2, -0.15) is 0 Å². The molecule has 0 bridgehead atoms. The molecule has 1 amide bonds. The van der Waals surface area contributed by atoms with E-state index >= 15 is 0 Å². The molecule has 4 rings (SSSR count). The Morgan fingerprint density at radius 3 is 2.62 bits per heavy atom. The molecule has 0 atom stereocenters. The molecule has 0 aliphatic heterocycles. The average molecular weight is 391 g/mol. The monoisotopic (exact) mass is 391 g/mol. The van der Waals surface area contributed by atoms with Crippen molar-refractivity contribution in [3.8, 4) is 10.8 Å². The standard InChI is InChI=1S/C17H11F2N3O2S2/c1-7-3-4-12(24-7)16-20-8(2)14(26-16)15(23)22-17-21-11-5-9(18)10(19)6-13(11)25-17/h3-6H,1-2H3,(H,21,22,23). The molecule has 9 heteroatoms. The van der Waals surface area contributed by atoms with Gasteiger partial charge in [-0.25, -0.2) is 18.7 Å². The predicted molar refractivity (Wildman–Crippen MR) is 96.8 cm³/mol. The summed E-state index contributed by atoms with van der Waals surface area (Å²) in [6.45, 7) is 3.56. The fourth-order valence-corrected chi connectivity index (χ4v) is 4.18. The number of carbonyl (C=O) groups excluding carboxylic acids is 1. The van der Waals surface area contributed by atoms with E-state index in [4.69, 9.17) is 4.42 Å². The van der Waals surface area contributed by atoms with Gasteiger partial charge in [-0.05, 0) is 32.0 Å². The van der Waals surface area contributed by atoms with E-state index in [9.17, 15) is 13.6 Å². The number of fused-ring (bicyclic) bond motifs is 1. The van der Waals surface area contributed by atoms with Crippen LogP contribution in [-0.2, 0) is 0 Å². The lowest BCUT2D eigenvalue weighted by Crippen LogP contribution is -2.11. The van der Waals surface area contributed by atoms with E-state index in [1.807, 2.05) is 13.0 Å². The highest BCUT2D eigenvalue weighted by atomic mass is 32.1. The highest BCUT2D eigenvalue weighted by Gasteiger charge is 2.19. The minimum Gasteiger partial charge on any atom is -0.459 e. The highest BCUT2D eigenvalue weighted by Crippen LogP contribution is 2.31. The van der Waals surface area contributed by atoms with Crippen molar-refractivity contribution in [2.24, 2.45) is 0 Å². The molecular weight excluding hydrogens is 380 g/mol. The van der Waals surface area contributed by atoms with Crippen molar-refractivity contribution < 1.29 is 18.0 Å². The number of aromatic nitrogens is 2. The Morgan fingerprint density at radius 2 is 1.88 bits per heavy atom. The summed E-state index contributed by atoms with van der Waals surface area (Å²) in [5, 5.41) is 3.53. The Hall–Kier alpha value is -2.65. The third kappa shape index (κ3) is 2.99. The fourth-order valence-electron chi connectivity index (χ4n) is 2.39. The summed E-state index contributed by atoms with van der Waals surface area (Å²) >= 11 is 2.28. The highest BCUT2D eigenvalue weighted by molar-refractivity contribution is 7.22. The van der Waals surface area contributed by atoms with E-state index in [-0.39, 0.29) is 16.6 Å². The Morgan fingerprint density at radius 1 is 1.12 bits per heavy atom. The zero-order valence-corrected chi connectivity index (χ0v) is 15.2. The summed E-state index contributed by atoms with van der Waals surface area (Å²) < 4.78 is 32.6. The maximum absolute atomic E-state index is 13.3. The number of halogens is 2. The Labute approximate surface area is 154 Å². The van der Waals surface area contributed by atoms with Gasteiger partial charge >= 0.3 is 0 Å². The Bertz CT molecular complexity index is 1110. The molecule has 0 saturated carbocycles. The number of hydrogen-bond donors (Lipinski definition) is 1. The molecule has 3 heterocycles. The molecule has 5 nitrogen and oxygen atoms in total. The number of anilines is 1. The van der Waals surface area contributed by atoms with Crippen molar-refractivity contribution in [2.75, 3.05) is 5.32 Å². The SMILES string of the molecule is Cc1ccc(-c2nc(C)c(C(=O)Nc3nc4cc(F)c(F)cc4s3)s2)o1. The number of nitrogens with zero attached hydrogens (tertiary/aromatic N) is 2. The molecule has 0 fully saturated rings. The molecule has 132 valence electrons. The van der Waals surface area contributed by atoms with Crippen LogP contribution in [0.1, 0.15) is 21.1 Å². The molecule has 3 aromatic heterocycles. The summed E-state index contributed by atoms with van der Waals surface area (Å²) in [7, 11) is 0. The van der Waals surface area contributed by atoms with E-state index in [1.54, 1.807) is 13.0 Å². The molecule has 0 radical (unpaired) electrons. The second-order valence-electron chi connectivity index (χ2n) is 5.55. The smallest absolute Gasteiger partial charge is 0.269 e. The second kappa shape index (κ2) is 6.26. The lowest BCUT2D eigenvalue weighted by atomic mass is 10.3. The molecule has 26 heavy (non-hydrogen) atoms. The lowest BCUT2D eigenvalue weighted by molar-refractivity contribution is 0.103. The molecule has 0 unspecified atom stereocenters. The summed E-state index contributed by atoms with van der Waals surface area (Å²) in [6.07, 6.45) is 0. The Balaban J connectivity index is 1.61. The van der Waals surface area contributed by atoms with Gasteiger partial charge in [-0.15, -0.1) is 11.3 Å². The quantitative estimate of drug-likeness (QED) is 0.524. The van der Waals surface area contributed by atoms with E-state index < -0.39 is 11.6 Å². The summed E-state index contributed by atoms with van der Waals surface area (Å²) in [4.78, 5) is 21.5. The van der Waals surface area contributed by atoms with Gasteiger partial charge in [0.15, 0.2) is 27.5 Å². The van der Waals surface area contributed by atoms with Crippen LogP contribution >= 0.6 is 22.7 Å². The molecule has 0 aliphatic rings. The van der Waals surface area contributed by atoms with E-state index in [0.717, 1.165) is 29.2 Å². The number of furan rings is 1. The van der Waals surface area contributed by atoms with Crippen molar-refractivity contribution in [1.82, 2.24) is 9.97 Å². The lowest BCUT2D eigenvalue weighted by Gasteiger charge is -1.98. The minimum absolute atomic E-state index is 0.262. The predicted octanol–water partition coefficient (Wildman–Crippen LogP) is 5.16. The summed E-state index contributed by atoms with van der Waals surface area (Å²) in [5.74, 6) is -0.948. The topological polar surface area (TPSA) is 68.0 Å². The first-order valence-corrected chi connectivity index (χ1v) is 9.15. The second-order valence-corrected chi connectivity index (χ2v) is 7.58. The van der Waals surface area contributed by atoms with E-state index in [1.165, 1.54) is 11.3 Å². The van der Waals surface area contributed by atoms with Gasteiger partial charge in [0.2, 0.25) is 0 Å². The Kier molecular flexibility index (Phi) is 4.04. The number of benzene rings is 1. The van der Waals surface area contributed by atoms with Crippen LogP contribution in [0.4, 0.5) is 13.9 Å². The molecule has 0 spiro atoms. The first kappa shape index (κ1) is 16.8. The molecule has 1 aromatic carbocycles. The fraction of sp³-hybridized carbons (Fsp3) is 0.118. The number of aryl methyl sites for hydroxylation is 2. The molecule has 0 saturated heterocycles. The van der Waals surface area contributed by atoms with Crippen LogP contribution in [0.3, 0.4) is 0 Å². The first-order valence-electron chi connectivity index (χ1n) is 7.52. The largest absolute Gasteiger partial charge is 0.459 e. The van der Waals surface area contributed by atoms with Gasteiger partial charge in [-0.3, -0.25) is 10.1 Å². The molecule has 4 aromatic rings. The number of rotatable bonds is 3. The third-order valence-corrected chi connectivity index (χ3v) is 5.71. The van der Waals surface area contributed by atoms with Crippen molar-refractivity contribution >= 4 is 43.9 Å². The number of amides is 1. The van der Waals surface area contributed by atoms with Gasteiger partial charge in [0.1, 0.15) is 10.6 Å². The first-order chi connectivity index (χ1) is 12.4. The van der Waals surface area contributed by atoms with Crippen LogP contribution in [0.5, 0.6) is 0 Å². The molecule has 1 N–H and O–H groups in total. The molecule has 0 aliphatic carbocycles. The van der Waals surface area contributed by atoms with Crippen molar-refractivity contribution in [2.45, 2.75) is 13.8 Å². The van der Waals surface area contributed by atoms with Crippen LogP contribution < -0.4 is 5.32 Å². The van der Waals surface area contributed by atoms with E-state index in [0.29, 0.717) is 26.0 Å². The zero-order chi connectivity index (χ0) is 18.4. The van der Waals surface area contributed by atoms with Crippen LogP contribution in [0, 0.1) is 25.5 Å². The van der Waals surface area contributed by atoms with Gasteiger partial charge in [0, 0.05) is 6.07 Å².